The molecule has 0 saturated carbocycles. The molecule has 1 aliphatic rings. The SMILES string of the molecule is CN1CCN(c2ccc3c(Nc4ccc(F)c(Cl)c4)c(C#N)c(N)nc3c2)CC1. The number of halogens is 2. The fourth-order valence-corrected chi connectivity index (χ4v) is 3.68. The molecule has 148 valence electrons. The summed E-state index contributed by atoms with van der Waals surface area (Å²) in [6.07, 6.45) is 0. The lowest BCUT2D eigenvalue weighted by molar-refractivity contribution is 0.313. The number of aromatic nitrogens is 1. The molecule has 0 atom stereocenters. The Labute approximate surface area is 173 Å². The van der Waals surface area contributed by atoms with Gasteiger partial charge in [0.1, 0.15) is 23.3 Å². The van der Waals surface area contributed by atoms with E-state index in [1.54, 1.807) is 6.07 Å². The molecule has 0 bridgehead atoms. The first-order valence-corrected chi connectivity index (χ1v) is 9.63. The Morgan fingerprint density at radius 3 is 2.62 bits per heavy atom. The van der Waals surface area contributed by atoms with Gasteiger partial charge in [-0.1, -0.05) is 11.6 Å². The molecule has 0 unspecified atom stereocenters. The summed E-state index contributed by atoms with van der Waals surface area (Å²) in [5, 5.41) is 13.5. The van der Waals surface area contributed by atoms with Crippen molar-refractivity contribution in [2.45, 2.75) is 0 Å². The Hall–Kier alpha value is -3.08. The number of nitrogen functional groups attached to an aromatic ring is 1. The third-order valence-electron chi connectivity index (χ3n) is 5.17. The molecule has 0 aliphatic carbocycles. The normalized spacial score (nSPS) is 14.8. The van der Waals surface area contributed by atoms with Crippen molar-refractivity contribution in [3.63, 3.8) is 0 Å². The fourth-order valence-electron chi connectivity index (χ4n) is 3.49. The van der Waals surface area contributed by atoms with Crippen LogP contribution in [0.3, 0.4) is 0 Å². The highest BCUT2D eigenvalue weighted by Gasteiger charge is 2.18. The van der Waals surface area contributed by atoms with Crippen molar-refractivity contribution in [2.24, 2.45) is 0 Å². The highest BCUT2D eigenvalue weighted by Crippen LogP contribution is 2.35. The van der Waals surface area contributed by atoms with Gasteiger partial charge in [0.2, 0.25) is 0 Å². The van der Waals surface area contributed by atoms with Gasteiger partial charge in [0.15, 0.2) is 0 Å². The predicted octanol–water partition coefficient (Wildman–Crippen LogP) is 3.98. The van der Waals surface area contributed by atoms with Crippen LogP contribution in [0.15, 0.2) is 36.4 Å². The van der Waals surface area contributed by atoms with Gasteiger partial charge in [0, 0.05) is 42.9 Å². The predicted molar refractivity (Wildman–Crippen MR) is 115 cm³/mol. The number of hydrogen-bond donors (Lipinski definition) is 2. The van der Waals surface area contributed by atoms with Crippen LogP contribution in [0.5, 0.6) is 0 Å². The van der Waals surface area contributed by atoms with Crippen molar-refractivity contribution < 1.29 is 4.39 Å². The number of anilines is 4. The zero-order chi connectivity index (χ0) is 20.5. The van der Waals surface area contributed by atoms with Gasteiger partial charge in [-0.05, 0) is 43.4 Å². The molecule has 4 rings (SSSR count). The van der Waals surface area contributed by atoms with Gasteiger partial charge in [-0.3, -0.25) is 0 Å². The monoisotopic (exact) mass is 410 g/mol. The largest absolute Gasteiger partial charge is 0.383 e. The lowest BCUT2D eigenvalue weighted by Gasteiger charge is -2.34. The lowest BCUT2D eigenvalue weighted by Crippen LogP contribution is -2.44. The van der Waals surface area contributed by atoms with E-state index in [1.165, 1.54) is 12.1 Å². The number of likely N-dealkylation sites (N-methyl/N-ethyl adjacent to an activating group) is 1. The number of piperazine rings is 1. The first-order chi connectivity index (χ1) is 14.0. The summed E-state index contributed by atoms with van der Waals surface area (Å²) in [5.41, 5.74) is 9.16. The van der Waals surface area contributed by atoms with Crippen molar-refractivity contribution in [1.82, 2.24) is 9.88 Å². The Kier molecular flexibility index (Phi) is 5.14. The third-order valence-corrected chi connectivity index (χ3v) is 5.46. The van der Waals surface area contributed by atoms with E-state index in [4.69, 9.17) is 17.3 Å². The highest BCUT2D eigenvalue weighted by atomic mass is 35.5. The van der Waals surface area contributed by atoms with E-state index in [1.807, 2.05) is 18.2 Å². The number of nitrogens with zero attached hydrogens (tertiary/aromatic N) is 4. The zero-order valence-electron chi connectivity index (χ0n) is 15.9. The minimum absolute atomic E-state index is 0.00260. The fraction of sp³-hybridized carbons (Fsp3) is 0.238. The number of fused-ring (bicyclic) bond motifs is 1. The quantitative estimate of drug-likeness (QED) is 0.679. The second-order valence-electron chi connectivity index (χ2n) is 7.10. The molecule has 3 N–H and O–H groups in total. The van der Waals surface area contributed by atoms with E-state index in [-0.39, 0.29) is 16.4 Å². The topological polar surface area (TPSA) is 81.2 Å². The highest BCUT2D eigenvalue weighted by molar-refractivity contribution is 6.31. The molecular formula is C21H20ClFN6. The maximum absolute atomic E-state index is 13.5. The molecule has 6 nitrogen and oxygen atoms in total. The number of nitrogens with one attached hydrogen (secondary N) is 1. The number of nitriles is 1. The van der Waals surface area contributed by atoms with E-state index < -0.39 is 5.82 Å². The van der Waals surface area contributed by atoms with Crippen LogP contribution in [0.4, 0.5) is 27.3 Å². The Morgan fingerprint density at radius 1 is 1.17 bits per heavy atom. The molecule has 1 fully saturated rings. The van der Waals surface area contributed by atoms with Crippen LogP contribution in [-0.4, -0.2) is 43.1 Å². The van der Waals surface area contributed by atoms with Crippen LogP contribution in [-0.2, 0) is 0 Å². The van der Waals surface area contributed by atoms with Crippen LogP contribution < -0.4 is 16.0 Å². The van der Waals surface area contributed by atoms with E-state index in [0.717, 1.165) is 37.3 Å². The average molecular weight is 411 g/mol. The van der Waals surface area contributed by atoms with E-state index >= 15 is 0 Å². The van der Waals surface area contributed by atoms with Crippen molar-refractivity contribution in [3.8, 4) is 6.07 Å². The summed E-state index contributed by atoms with van der Waals surface area (Å²) in [7, 11) is 2.11. The third kappa shape index (κ3) is 3.77. The molecule has 1 saturated heterocycles. The molecule has 8 heteroatoms. The van der Waals surface area contributed by atoms with Gasteiger partial charge < -0.3 is 20.9 Å². The second-order valence-corrected chi connectivity index (χ2v) is 7.51. The van der Waals surface area contributed by atoms with Crippen molar-refractivity contribution >= 4 is 45.4 Å². The Morgan fingerprint density at radius 2 is 1.93 bits per heavy atom. The van der Waals surface area contributed by atoms with Crippen LogP contribution in [0, 0.1) is 17.1 Å². The molecule has 0 amide bonds. The van der Waals surface area contributed by atoms with Crippen molar-refractivity contribution in [2.75, 3.05) is 49.2 Å². The summed E-state index contributed by atoms with van der Waals surface area (Å²) >= 11 is 5.89. The van der Waals surface area contributed by atoms with Gasteiger partial charge in [0.05, 0.1) is 16.2 Å². The zero-order valence-corrected chi connectivity index (χ0v) is 16.7. The van der Waals surface area contributed by atoms with Crippen molar-refractivity contribution in [1.29, 1.82) is 5.26 Å². The number of rotatable bonds is 3. The molecule has 0 spiro atoms. The average Bonchev–Trinajstić information content (AvgIpc) is 2.71. The van der Waals surface area contributed by atoms with Gasteiger partial charge in [-0.25, -0.2) is 9.37 Å². The smallest absolute Gasteiger partial charge is 0.144 e. The van der Waals surface area contributed by atoms with Crippen LogP contribution in [0.25, 0.3) is 10.9 Å². The summed E-state index contributed by atoms with van der Waals surface area (Å²) in [5.74, 6) is -0.361. The van der Waals surface area contributed by atoms with Gasteiger partial charge in [-0.15, -0.1) is 0 Å². The summed E-state index contributed by atoms with van der Waals surface area (Å²) in [6.45, 7) is 3.87. The minimum atomic E-state index is -0.506. The number of benzene rings is 2. The summed E-state index contributed by atoms with van der Waals surface area (Å²) in [6, 6.07) is 12.4. The van der Waals surface area contributed by atoms with Crippen LogP contribution in [0.1, 0.15) is 5.56 Å². The van der Waals surface area contributed by atoms with E-state index in [2.05, 4.69) is 33.2 Å². The van der Waals surface area contributed by atoms with Crippen LogP contribution in [0.2, 0.25) is 5.02 Å². The summed E-state index contributed by atoms with van der Waals surface area (Å²) < 4.78 is 13.5. The second kappa shape index (κ2) is 7.74. The van der Waals surface area contributed by atoms with E-state index in [9.17, 15) is 9.65 Å². The van der Waals surface area contributed by atoms with E-state index in [0.29, 0.717) is 16.9 Å². The summed E-state index contributed by atoms with van der Waals surface area (Å²) in [4.78, 5) is 9.05. The molecular weight excluding hydrogens is 391 g/mol. The molecule has 0 radical (unpaired) electrons. The lowest BCUT2D eigenvalue weighted by atomic mass is 10.1. The molecule has 1 aromatic heterocycles. The molecule has 1 aliphatic heterocycles. The Balaban J connectivity index is 1.77. The molecule has 2 aromatic carbocycles. The first-order valence-electron chi connectivity index (χ1n) is 9.25. The molecule has 29 heavy (non-hydrogen) atoms. The number of pyridine rings is 1. The molecule has 3 aromatic rings. The van der Waals surface area contributed by atoms with Gasteiger partial charge >= 0.3 is 0 Å². The Bertz CT molecular complexity index is 1120. The molecule has 2 heterocycles. The van der Waals surface area contributed by atoms with Crippen LogP contribution >= 0.6 is 11.6 Å². The van der Waals surface area contributed by atoms with Gasteiger partial charge in [-0.2, -0.15) is 5.26 Å². The van der Waals surface area contributed by atoms with Gasteiger partial charge in [0.25, 0.3) is 0 Å². The van der Waals surface area contributed by atoms with Crippen molar-refractivity contribution in [3.05, 3.63) is 52.8 Å². The number of hydrogen-bond acceptors (Lipinski definition) is 6. The minimum Gasteiger partial charge on any atom is -0.383 e. The maximum Gasteiger partial charge on any atom is 0.144 e. The first kappa shape index (κ1) is 19.2. The standard InChI is InChI=1S/C21H20ClFN6/c1-28-6-8-29(9-7-28)14-3-4-15-19(11-14)27-21(25)16(12-24)20(15)26-13-2-5-18(23)17(22)10-13/h2-5,10-11H,6-9H2,1H3,(H3,25,26,27). The number of nitrogens with two attached hydrogens (primary N) is 1. The maximum atomic E-state index is 13.5.